The number of rotatable bonds is 4. The second-order valence-corrected chi connectivity index (χ2v) is 10.7. The maximum atomic E-state index is 13.2. The zero-order valence-electron chi connectivity index (χ0n) is 18.2. The van der Waals surface area contributed by atoms with E-state index in [0.29, 0.717) is 10.6 Å². The van der Waals surface area contributed by atoms with Crippen molar-refractivity contribution in [3.05, 3.63) is 16.0 Å². The first-order valence-electron chi connectivity index (χ1n) is 12.0. The summed E-state index contributed by atoms with van der Waals surface area (Å²) in [6.07, 6.45) is 13.8. The van der Waals surface area contributed by atoms with Crippen molar-refractivity contribution in [2.24, 2.45) is 29.4 Å². The number of hydrogen-bond donors (Lipinski definition) is 3. The number of carboxylic acids is 1. The Labute approximate surface area is 188 Å². The van der Waals surface area contributed by atoms with E-state index in [0.717, 1.165) is 61.8 Å². The smallest absolute Gasteiger partial charge is 0.307 e. The van der Waals surface area contributed by atoms with Crippen molar-refractivity contribution in [2.45, 2.75) is 83.5 Å². The number of carboxylic acid groups (broad SMARTS) is 1. The van der Waals surface area contributed by atoms with Gasteiger partial charge in [-0.05, 0) is 62.3 Å². The van der Waals surface area contributed by atoms with E-state index in [-0.39, 0.29) is 17.7 Å². The van der Waals surface area contributed by atoms with E-state index in [1.165, 1.54) is 43.4 Å². The Bertz CT molecular complexity index is 849. The Balaban J connectivity index is 1.59. The number of carbonyl (C=O) groups is 3. The molecule has 2 fully saturated rings. The van der Waals surface area contributed by atoms with Crippen LogP contribution in [0.25, 0.3) is 0 Å². The summed E-state index contributed by atoms with van der Waals surface area (Å²) in [5.74, 6) is -2.53. The number of amides is 2. The molecule has 0 aromatic carbocycles. The number of nitrogens with two attached hydrogens (primary N) is 1. The van der Waals surface area contributed by atoms with Gasteiger partial charge in [-0.3, -0.25) is 14.4 Å². The van der Waals surface area contributed by atoms with Gasteiger partial charge in [0.25, 0.3) is 5.91 Å². The molecule has 3 aliphatic rings. The van der Waals surface area contributed by atoms with Gasteiger partial charge in [-0.1, -0.05) is 38.5 Å². The highest BCUT2D eigenvalue weighted by molar-refractivity contribution is 7.17. The van der Waals surface area contributed by atoms with E-state index in [2.05, 4.69) is 5.32 Å². The molecule has 0 radical (unpaired) electrons. The largest absolute Gasteiger partial charge is 0.481 e. The van der Waals surface area contributed by atoms with Gasteiger partial charge in [-0.15, -0.1) is 11.3 Å². The normalized spacial score (nSPS) is 28.9. The highest BCUT2D eigenvalue weighted by Crippen LogP contribution is 2.53. The van der Waals surface area contributed by atoms with Crippen molar-refractivity contribution in [1.82, 2.24) is 0 Å². The van der Waals surface area contributed by atoms with Crippen LogP contribution >= 0.6 is 11.3 Å². The fourth-order valence-corrected chi connectivity index (χ4v) is 7.49. The molecule has 0 spiro atoms. The number of fused-ring (bicyclic) bond motifs is 3. The molecule has 31 heavy (non-hydrogen) atoms. The predicted molar refractivity (Wildman–Crippen MR) is 121 cm³/mol. The lowest BCUT2D eigenvalue weighted by Gasteiger charge is -2.26. The quantitative estimate of drug-likeness (QED) is 0.620. The fraction of sp³-hybridized carbons (Fsp3) is 0.708. The highest BCUT2D eigenvalue weighted by atomic mass is 32.1. The molecule has 6 nitrogen and oxygen atoms in total. The molecule has 2 saturated carbocycles. The molecular weight excluding hydrogens is 412 g/mol. The number of nitrogens with one attached hydrogen (secondary N) is 1. The molecule has 1 aromatic heterocycles. The van der Waals surface area contributed by atoms with Crippen molar-refractivity contribution in [3.8, 4) is 0 Å². The first-order chi connectivity index (χ1) is 15.0. The summed E-state index contributed by atoms with van der Waals surface area (Å²) in [7, 11) is 0. The molecule has 170 valence electrons. The fourth-order valence-electron chi connectivity index (χ4n) is 6.19. The molecule has 4 rings (SSSR count). The summed E-state index contributed by atoms with van der Waals surface area (Å²) in [5.41, 5.74) is 7.26. The number of aliphatic carboxylic acids is 1. The number of carbonyl (C=O) groups excluding carboxylic acids is 2. The Hall–Kier alpha value is -1.89. The van der Waals surface area contributed by atoms with Crippen LogP contribution in [-0.2, 0) is 22.4 Å². The van der Waals surface area contributed by atoms with Gasteiger partial charge < -0.3 is 16.2 Å². The first kappa shape index (κ1) is 22.3. The third-order valence-electron chi connectivity index (χ3n) is 7.66. The molecule has 2 amide bonds. The van der Waals surface area contributed by atoms with E-state index in [4.69, 9.17) is 5.73 Å². The van der Waals surface area contributed by atoms with E-state index < -0.39 is 23.7 Å². The third-order valence-corrected chi connectivity index (χ3v) is 8.87. The number of thiophene rings is 1. The lowest BCUT2D eigenvalue weighted by Crippen LogP contribution is -2.38. The Kier molecular flexibility index (Phi) is 6.99. The summed E-state index contributed by atoms with van der Waals surface area (Å²) in [6, 6.07) is 0. The van der Waals surface area contributed by atoms with Crippen LogP contribution in [0, 0.1) is 23.7 Å². The molecule has 4 atom stereocenters. The second-order valence-electron chi connectivity index (χ2n) is 9.61. The molecule has 3 aliphatic carbocycles. The van der Waals surface area contributed by atoms with Gasteiger partial charge in [0.05, 0.1) is 17.4 Å². The predicted octanol–water partition coefficient (Wildman–Crippen LogP) is 4.75. The van der Waals surface area contributed by atoms with Crippen LogP contribution in [0.4, 0.5) is 5.00 Å². The molecular formula is C24H34N2O4S. The minimum Gasteiger partial charge on any atom is -0.481 e. The SMILES string of the molecule is NC(=O)c1c(NC(=O)C2C3CCC(C3)C2C(=O)O)sc2c1CCCCCCCCCC2. The Morgan fingerprint density at radius 1 is 0.871 bits per heavy atom. The van der Waals surface area contributed by atoms with Gasteiger partial charge in [0, 0.05) is 4.88 Å². The van der Waals surface area contributed by atoms with Gasteiger partial charge in [-0.2, -0.15) is 0 Å². The van der Waals surface area contributed by atoms with Crippen molar-refractivity contribution >= 4 is 34.1 Å². The number of aryl methyl sites for hydroxylation is 1. The summed E-state index contributed by atoms with van der Waals surface area (Å²) in [4.78, 5) is 38.6. The summed E-state index contributed by atoms with van der Waals surface area (Å²) < 4.78 is 0. The van der Waals surface area contributed by atoms with Crippen LogP contribution < -0.4 is 11.1 Å². The van der Waals surface area contributed by atoms with Gasteiger partial charge >= 0.3 is 5.97 Å². The standard InChI is InChI=1S/C24H34N2O4S/c25-21(27)20-16-9-7-5-3-1-2-4-6-8-10-17(16)31-23(20)26-22(28)18-14-11-12-15(13-14)19(18)24(29)30/h14-15,18-19H,1-13H2,(H2,25,27)(H,26,28)(H,29,30). The third kappa shape index (κ3) is 4.66. The minimum absolute atomic E-state index is 0.0952. The summed E-state index contributed by atoms with van der Waals surface area (Å²) in [5, 5.41) is 13.2. The van der Waals surface area contributed by atoms with Crippen molar-refractivity contribution < 1.29 is 19.5 Å². The summed E-state index contributed by atoms with van der Waals surface area (Å²) >= 11 is 1.48. The highest BCUT2D eigenvalue weighted by Gasteiger charge is 2.54. The molecule has 0 saturated heterocycles. The van der Waals surface area contributed by atoms with Crippen LogP contribution in [-0.4, -0.2) is 22.9 Å². The maximum absolute atomic E-state index is 13.2. The van der Waals surface area contributed by atoms with E-state index in [1.807, 2.05) is 0 Å². The van der Waals surface area contributed by atoms with Crippen LogP contribution in [0.1, 0.15) is 91.4 Å². The Morgan fingerprint density at radius 2 is 1.45 bits per heavy atom. The average Bonchev–Trinajstić information content (AvgIpc) is 3.41. The lowest BCUT2D eigenvalue weighted by atomic mass is 9.78. The van der Waals surface area contributed by atoms with Gasteiger partial charge in [0.2, 0.25) is 5.91 Å². The topological polar surface area (TPSA) is 109 Å². The average molecular weight is 447 g/mol. The number of anilines is 1. The zero-order chi connectivity index (χ0) is 22.0. The molecule has 7 heteroatoms. The second kappa shape index (κ2) is 9.72. The summed E-state index contributed by atoms with van der Waals surface area (Å²) in [6.45, 7) is 0. The molecule has 2 bridgehead atoms. The minimum atomic E-state index is -0.874. The zero-order valence-corrected chi connectivity index (χ0v) is 19.0. The van der Waals surface area contributed by atoms with Gasteiger partial charge in [0.15, 0.2) is 0 Å². The molecule has 1 heterocycles. The van der Waals surface area contributed by atoms with Crippen LogP contribution in [0.15, 0.2) is 0 Å². The molecule has 4 N–H and O–H groups in total. The number of hydrogen-bond acceptors (Lipinski definition) is 4. The molecule has 4 unspecified atom stereocenters. The molecule has 1 aromatic rings. The van der Waals surface area contributed by atoms with Gasteiger partial charge in [-0.25, -0.2) is 0 Å². The lowest BCUT2D eigenvalue weighted by molar-refractivity contribution is -0.148. The van der Waals surface area contributed by atoms with Crippen LogP contribution in [0.5, 0.6) is 0 Å². The van der Waals surface area contributed by atoms with Crippen molar-refractivity contribution in [1.29, 1.82) is 0 Å². The first-order valence-corrected chi connectivity index (χ1v) is 12.8. The van der Waals surface area contributed by atoms with E-state index in [1.54, 1.807) is 0 Å². The van der Waals surface area contributed by atoms with E-state index in [9.17, 15) is 19.5 Å². The van der Waals surface area contributed by atoms with E-state index >= 15 is 0 Å². The van der Waals surface area contributed by atoms with Crippen molar-refractivity contribution in [2.75, 3.05) is 5.32 Å². The monoisotopic (exact) mass is 446 g/mol. The number of primary amides is 1. The Morgan fingerprint density at radius 3 is 2.06 bits per heavy atom. The molecule has 0 aliphatic heterocycles. The van der Waals surface area contributed by atoms with Gasteiger partial charge in [0.1, 0.15) is 5.00 Å². The van der Waals surface area contributed by atoms with Crippen LogP contribution in [0.3, 0.4) is 0 Å². The van der Waals surface area contributed by atoms with Crippen LogP contribution in [0.2, 0.25) is 0 Å². The van der Waals surface area contributed by atoms with Crippen molar-refractivity contribution in [3.63, 3.8) is 0 Å². The maximum Gasteiger partial charge on any atom is 0.307 e.